The summed E-state index contributed by atoms with van der Waals surface area (Å²) in [5, 5.41) is 5.68. The highest BCUT2D eigenvalue weighted by Crippen LogP contribution is 2.34. The van der Waals surface area contributed by atoms with Crippen molar-refractivity contribution in [1.29, 1.82) is 0 Å². The van der Waals surface area contributed by atoms with Gasteiger partial charge in [-0.1, -0.05) is 37.5 Å². The normalized spacial score (nSPS) is 17.6. The van der Waals surface area contributed by atoms with Crippen molar-refractivity contribution in [1.82, 2.24) is 24.6 Å². The Hall–Kier alpha value is -3.68. The van der Waals surface area contributed by atoms with Crippen LogP contribution in [0.1, 0.15) is 60.8 Å². The van der Waals surface area contributed by atoms with Gasteiger partial charge < -0.3 is 14.2 Å². The van der Waals surface area contributed by atoms with Crippen molar-refractivity contribution in [3.05, 3.63) is 66.5 Å². The average molecular weight is 471 g/mol. The van der Waals surface area contributed by atoms with Crippen LogP contribution in [0, 0.1) is 0 Å². The lowest BCUT2D eigenvalue weighted by molar-refractivity contribution is 0.0735. The van der Waals surface area contributed by atoms with E-state index in [0.29, 0.717) is 31.3 Å². The molecule has 2 fully saturated rings. The number of carbonyl (C=O) groups excluding carboxylic acids is 1. The summed E-state index contributed by atoms with van der Waals surface area (Å²) in [6.07, 6.45) is 10.3. The molecular weight excluding hydrogens is 440 g/mol. The third-order valence-electron chi connectivity index (χ3n) is 7.21. The highest BCUT2D eigenvalue weighted by atomic mass is 16.3. The molecule has 1 aliphatic heterocycles. The van der Waals surface area contributed by atoms with E-state index >= 15 is 0 Å². The monoisotopic (exact) mass is 470 g/mol. The summed E-state index contributed by atoms with van der Waals surface area (Å²) in [6, 6.07) is 13.6. The number of aromatic nitrogens is 4. The summed E-state index contributed by atoms with van der Waals surface area (Å²) in [5.74, 6) is 2.59. The molecule has 2 aliphatic rings. The Balaban J connectivity index is 1.36. The maximum absolute atomic E-state index is 12.9. The first-order valence-corrected chi connectivity index (χ1v) is 12.7. The van der Waals surface area contributed by atoms with Crippen LogP contribution in [0.3, 0.4) is 0 Å². The van der Waals surface area contributed by atoms with Gasteiger partial charge in [0.15, 0.2) is 11.4 Å². The number of rotatable bonds is 4. The maximum atomic E-state index is 12.9. The van der Waals surface area contributed by atoms with Gasteiger partial charge in [-0.3, -0.25) is 4.79 Å². The zero-order valence-electron chi connectivity index (χ0n) is 19.8. The van der Waals surface area contributed by atoms with E-state index in [1.54, 1.807) is 18.4 Å². The number of hydrogen-bond donors (Lipinski definition) is 0. The van der Waals surface area contributed by atoms with Crippen molar-refractivity contribution >= 4 is 22.8 Å². The van der Waals surface area contributed by atoms with Gasteiger partial charge in [-0.05, 0) is 43.5 Å². The van der Waals surface area contributed by atoms with Crippen molar-refractivity contribution in [3.63, 3.8) is 0 Å². The molecule has 35 heavy (non-hydrogen) atoms. The summed E-state index contributed by atoms with van der Waals surface area (Å²) in [6.45, 7) is 2.85. The smallest absolute Gasteiger partial charge is 0.289 e. The minimum atomic E-state index is -0.0514. The molecule has 1 saturated carbocycles. The van der Waals surface area contributed by atoms with Gasteiger partial charge in [-0.25, -0.2) is 14.6 Å². The Labute approximate surface area is 204 Å². The Bertz CT molecular complexity index is 1290. The van der Waals surface area contributed by atoms with Crippen LogP contribution in [0.5, 0.6) is 0 Å². The predicted octanol–water partition coefficient (Wildman–Crippen LogP) is 4.81. The van der Waals surface area contributed by atoms with Crippen molar-refractivity contribution in [2.45, 2.75) is 44.4 Å². The number of benzene rings is 1. The largest absolute Gasteiger partial charge is 0.459 e. The van der Waals surface area contributed by atoms with Crippen LogP contribution in [0.25, 0.3) is 16.7 Å². The molecule has 0 unspecified atom stereocenters. The molecule has 8 heteroatoms. The summed E-state index contributed by atoms with van der Waals surface area (Å²) in [7, 11) is 0. The minimum absolute atomic E-state index is 0.0514. The molecular formula is C27H30N6O2. The lowest BCUT2D eigenvalue weighted by Crippen LogP contribution is -2.35. The number of amides is 1. The molecule has 0 spiro atoms. The minimum Gasteiger partial charge on any atom is -0.459 e. The van der Waals surface area contributed by atoms with Crippen LogP contribution < -0.4 is 4.90 Å². The second kappa shape index (κ2) is 9.52. The Morgan fingerprint density at radius 1 is 0.886 bits per heavy atom. The lowest BCUT2D eigenvalue weighted by Gasteiger charge is -2.25. The summed E-state index contributed by atoms with van der Waals surface area (Å²) in [4.78, 5) is 27.3. The number of hydrogen-bond acceptors (Lipinski definition) is 6. The second-order valence-electron chi connectivity index (χ2n) is 9.48. The van der Waals surface area contributed by atoms with Crippen molar-refractivity contribution in [3.8, 4) is 5.69 Å². The molecule has 4 aromatic rings. The van der Waals surface area contributed by atoms with Gasteiger partial charge in [-0.15, -0.1) is 0 Å². The van der Waals surface area contributed by atoms with Gasteiger partial charge in [0, 0.05) is 32.1 Å². The number of anilines is 1. The van der Waals surface area contributed by atoms with Crippen LogP contribution >= 0.6 is 0 Å². The van der Waals surface area contributed by atoms with Crippen LogP contribution in [-0.2, 0) is 0 Å². The predicted molar refractivity (Wildman–Crippen MR) is 134 cm³/mol. The summed E-state index contributed by atoms with van der Waals surface area (Å²) in [5.41, 5.74) is 1.85. The highest BCUT2D eigenvalue weighted by molar-refractivity contribution is 5.91. The Morgan fingerprint density at radius 3 is 2.54 bits per heavy atom. The summed E-state index contributed by atoms with van der Waals surface area (Å²) < 4.78 is 7.28. The summed E-state index contributed by atoms with van der Waals surface area (Å²) >= 11 is 0. The molecule has 4 heterocycles. The molecule has 0 N–H and O–H groups in total. The molecule has 8 nitrogen and oxygen atoms in total. The molecule has 0 radical (unpaired) electrons. The number of nitrogens with zero attached hydrogens (tertiary/aromatic N) is 6. The molecule has 180 valence electrons. The van der Waals surface area contributed by atoms with E-state index in [9.17, 15) is 4.79 Å². The molecule has 0 bridgehead atoms. The molecule has 1 amide bonds. The van der Waals surface area contributed by atoms with Crippen molar-refractivity contribution in [2.24, 2.45) is 0 Å². The van der Waals surface area contributed by atoms with Crippen LogP contribution in [0.4, 0.5) is 5.82 Å². The van der Waals surface area contributed by atoms with Gasteiger partial charge in [0.1, 0.15) is 11.6 Å². The maximum Gasteiger partial charge on any atom is 0.289 e. The van der Waals surface area contributed by atoms with E-state index in [1.165, 1.54) is 19.3 Å². The molecule has 0 atom stereocenters. The fraction of sp³-hybridized carbons (Fsp3) is 0.407. The van der Waals surface area contributed by atoms with Crippen molar-refractivity contribution < 1.29 is 9.21 Å². The zero-order chi connectivity index (χ0) is 23.6. The van der Waals surface area contributed by atoms with E-state index in [0.717, 1.165) is 54.2 Å². The quantitative estimate of drug-likeness (QED) is 0.426. The van der Waals surface area contributed by atoms with E-state index in [1.807, 2.05) is 34.0 Å². The number of para-hydroxylation sites is 1. The number of fused-ring (bicyclic) bond motifs is 1. The standard InChI is InChI=1S/C27H30N6O2/c34-27(23-13-7-18-35-23)32-15-8-14-31(16-17-32)25-22-19-28-33(21-11-5-2-6-12-21)26(22)30-24(29-25)20-9-3-1-4-10-20/h2,5-7,11-13,18-20H,1,3-4,8-10,14-17H2. The first kappa shape index (κ1) is 21.8. The van der Waals surface area contributed by atoms with E-state index in [4.69, 9.17) is 19.5 Å². The third-order valence-corrected chi connectivity index (χ3v) is 7.21. The van der Waals surface area contributed by atoms with Crippen LogP contribution in [0.2, 0.25) is 0 Å². The molecule has 1 aromatic carbocycles. The Morgan fingerprint density at radius 2 is 1.74 bits per heavy atom. The van der Waals surface area contributed by atoms with Crippen molar-refractivity contribution in [2.75, 3.05) is 31.1 Å². The van der Waals surface area contributed by atoms with E-state index in [2.05, 4.69) is 17.0 Å². The van der Waals surface area contributed by atoms with E-state index < -0.39 is 0 Å². The molecule has 1 saturated heterocycles. The molecule has 6 rings (SSSR count). The average Bonchev–Trinajstić information content (AvgIpc) is 3.54. The van der Waals surface area contributed by atoms with Gasteiger partial charge in [0.2, 0.25) is 0 Å². The zero-order valence-corrected chi connectivity index (χ0v) is 19.8. The first-order chi connectivity index (χ1) is 17.3. The molecule has 1 aliphatic carbocycles. The van der Waals surface area contributed by atoms with Gasteiger partial charge in [-0.2, -0.15) is 5.10 Å². The molecule has 3 aromatic heterocycles. The fourth-order valence-corrected chi connectivity index (χ4v) is 5.34. The van der Waals surface area contributed by atoms with E-state index in [-0.39, 0.29) is 5.91 Å². The number of furan rings is 1. The van der Waals surface area contributed by atoms with Crippen LogP contribution in [0.15, 0.2) is 59.3 Å². The highest BCUT2D eigenvalue weighted by Gasteiger charge is 2.27. The lowest BCUT2D eigenvalue weighted by atomic mass is 9.88. The fourth-order valence-electron chi connectivity index (χ4n) is 5.34. The SMILES string of the molecule is O=C(c1ccco1)N1CCCN(c2nc(C3CCCCC3)nc3c2cnn3-c2ccccc2)CC1. The van der Waals surface area contributed by atoms with Gasteiger partial charge in [0.05, 0.1) is 23.5 Å². The Kier molecular flexibility index (Phi) is 5.94. The number of carbonyl (C=O) groups is 1. The second-order valence-corrected chi connectivity index (χ2v) is 9.48. The first-order valence-electron chi connectivity index (χ1n) is 12.7. The third kappa shape index (κ3) is 4.29. The van der Waals surface area contributed by atoms with Gasteiger partial charge in [0.25, 0.3) is 5.91 Å². The van der Waals surface area contributed by atoms with Gasteiger partial charge >= 0.3 is 0 Å². The van der Waals surface area contributed by atoms with Crippen LogP contribution in [-0.4, -0.2) is 56.7 Å². The topological polar surface area (TPSA) is 80.3 Å².